The molecule has 2 amide bonds. The summed E-state index contributed by atoms with van der Waals surface area (Å²) in [6, 6.07) is 4.96. The third-order valence-electron chi connectivity index (χ3n) is 4.00. The Morgan fingerprint density at radius 2 is 2.09 bits per heavy atom. The molecule has 4 N–H and O–H groups in total. The first-order valence-corrected chi connectivity index (χ1v) is 8.02. The fourth-order valence-corrected chi connectivity index (χ4v) is 3.00. The molecule has 0 heterocycles. The smallest absolute Gasteiger partial charge is 0.253 e. The van der Waals surface area contributed by atoms with Gasteiger partial charge in [0.1, 0.15) is 0 Å². The second-order valence-corrected chi connectivity index (χ2v) is 6.09. The second kappa shape index (κ2) is 9.11. The topological polar surface area (TPSA) is 84.2 Å². The first-order valence-electron chi connectivity index (χ1n) is 7.64. The van der Waals surface area contributed by atoms with Crippen molar-refractivity contribution >= 4 is 41.5 Å². The van der Waals surface area contributed by atoms with Crippen LogP contribution >= 0.6 is 24.0 Å². The first kappa shape index (κ1) is 19.7. The molecule has 2 atom stereocenters. The third-order valence-corrected chi connectivity index (χ3v) is 4.24. The molecule has 1 aromatic carbocycles. The number of anilines is 1. The van der Waals surface area contributed by atoms with Gasteiger partial charge in [-0.1, -0.05) is 18.0 Å². The molecule has 0 aromatic heterocycles. The van der Waals surface area contributed by atoms with Crippen molar-refractivity contribution < 1.29 is 9.59 Å². The molecule has 1 saturated carbocycles. The summed E-state index contributed by atoms with van der Waals surface area (Å²) in [6.45, 7) is 2.35. The summed E-state index contributed by atoms with van der Waals surface area (Å²) in [4.78, 5) is 24.3. The Kier molecular flexibility index (Phi) is 7.82. The SMILES string of the molecule is CCNC(=O)c1cc(Cl)ccc1NC(=O)C[C@@H]1CCC[C@H]1N.Cl. The van der Waals surface area contributed by atoms with Gasteiger partial charge in [0, 0.05) is 24.0 Å². The molecule has 2 rings (SSSR count). The molecule has 7 heteroatoms. The summed E-state index contributed by atoms with van der Waals surface area (Å²) in [5.41, 5.74) is 6.85. The van der Waals surface area contributed by atoms with Crippen molar-refractivity contribution in [3.63, 3.8) is 0 Å². The maximum Gasteiger partial charge on any atom is 0.253 e. The number of rotatable bonds is 5. The monoisotopic (exact) mass is 359 g/mol. The van der Waals surface area contributed by atoms with E-state index in [1.54, 1.807) is 18.2 Å². The predicted molar refractivity (Wildman–Crippen MR) is 95.3 cm³/mol. The molecule has 5 nitrogen and oxygen atoms in total. The fraction of sp³-hybridized carbons (Fsp3) is 0.500. The van der Waals surface area contributed by atoms with Gasteiger partial charge in [-0.2, -0.15) is 0 Å². The first-order chi connectivity index (χ1) is 10.5. The van der Waals surface area contributed by atoms with E-state index in [1.165, 1.54) is 0 Å². The van der Waals surface area contributed by atoms with Gasteiger partial charge in [-0.25, -0.2) is 0 Å². The Balaban J connectivity index is 0.00000264. The van der Waals surface area contributed by atoms with E-state index in [-0.39, 0.29) is 36.2 Å². The van der Waals surface area contributed by atoms with Crippen molar-refractivity contribution in [2.45, 2.75) is 38.6 Å². The number of halogens is 2. The number of hydrogen-bond acceptors (Lipinski definition) is 3. The highest BCUT2D eigenvalue weighted by atomic mass is 35.5. The molecular formula is C16H23Cl2N3O2. The zero-order valence-electron chi connectivity index (χ0n) is 13.1. The number of hydrogen-bond donors (Lipinski definition) is 3. The summed E-state index contributed by atoms with van der Waals surface area (Å²) in [5.74, 6) is -0.145. The number of carbonyl (C=O) groups excluding carboxylic acids is 2. The van der Waals surface area contributed by atoms with E-state index in [0.717, 1.165) is 19.3 Å². The van der Waals surface area contributed by atoms with Crippen LogP contribution < -0.4 is 16.4 Å². The van der Waals surface area contributed by atoms with Gasteiger partial charge in [-0.3, -0.25) is 9.59 Å². The highest BCUT2D eigenvalue weighted by Crippen LogP contribution is 2.28. The Bertz CT molecular complexity index is 566. The van der Waals surface area contributed by atoms with Gasteiger partial charge in [0.15, 0.2) is 0 Å². The highest BCUT2D eigenvalue weighted by Gasteiger charge is 2.26. The average molecular weight is 360 g/mol. The Morgan fingerprint density at radius 1 is 1.35 bits per heavy atom. The van der Waals surface area contributed by atoms with Gasteiger partial charge < -0.3 is 16.4 Å². The molecule has 0 saturated heterocycles. The summed E-state index contributed by atoms with van der Waals surface area (Å²) in [6.07, 6.45) is 3.42. The summed E-state index contributed by atoms with van der Waals surface area (Å²) < 4.78 is 0. The largest absolute Gasteiger partial charge is 0.352 e. The van der Waals surface area contributed by atoms with Crippen LogP contribution in [0.5, 0.6) is 0 Å². The number of benzene rings is 1. The van der Waals surface area contributed by atoms with Crippen molar-refractivity contribution in [2.24, 2.45) is 11.7 Å². The lowest BCUT2D eigenvalue weighted by Crippen LogP contribution is -2.29. The van der Waals surface area contributed by atoms with Crippen molar-refractivity contribution in [1.82, 2.24) is 5.32 Å². The lowest BCUT2D eigenvalue weighted by molar-refractivity contribution is -0.117. The molecule has 0 spiro atoms. The number of nitrogens with two attached hydrogens (primary N) is 1. The van der Waals surface area contributed by atoms with Gasteiger partial charge >= 0.3 is 0 Å². The quantitative estimate of drug-likeness (QED) is 0.755. The van der Waals surface area contributed by atoms with Crippen molar-refractivity contribution in [3.05, 3.63) is 28.8 Å². The maximum absolute atomic E-state index is 12.2. The number of amides is 2. The fourth-order valence-electron chi connectivity index (χ4n) is 2.83. The summed E-state index contributed by atoms with van der Waals surface area (Å²) in [5, 5.41) is 5.98. The van der Waals surface area contributed by atoms with E-state index >= 15 is 0 Å². The molecule has 1 aromatic rings. The van der Waals surface area contributed by atoms with Crippen LogP contribution in [0.2, 0.25) is 5.02 Å². The van der Waals surface area contributed by atoms with Gasteiger partial charge in [-0.15, -0.1) is 12.4 Å². The molecule has 1 aliphatic rings. The molecule has 1 fully saturated rings. The van der Waals surface area contributed by atoms with Crippen LogP contribution in [0.1, 0.15) is 43.0 Å². The second-order valence-electron chi connectivity index (χ2n) is 5.66. The maximum atomic E-state index is 12.2. The molecule has 0 aliphatic heterocycles. The lowest BCUT2D eigenvalue weighted by atomic mass is 9.99. The highest BCUT2D eigenvalue weighted by molar-refractivity contribution is 6.31. The molecule has 0 bridgehead atoms. The van der Waals surface area contributed by atoms with Crippen LogP contribution in [0.4, 0.5) is 5.69 Å². The molecule has 0 radical (unpaired) electrons. The van der Waals surface area contributed by atoms with E-state index in [2.05, 4.69) is 10.6 Å². The van der Waals surface area contributed by atoms with Crippen molar-refractivity contribution in [2.75, 3.05) is 11.9 Å². The van der Waals surface area contributed by atoms with E-state index in [0.29, 0.717) is 29.2 Å². The van der Waals surface area contributed by atoms with Crippen molar-refractivity contribution in [1.29, 1.82) is 0 Å². The van der Waals surface area contributed by atoms with E-state index in [1.807, 2.05) is 6.92 Å². The Hall–Kier alpha value is -1.30. The minimum atomic E-state index is -0.252. The molecule has 1 aliphatic carbocycles. The van der Waals surface area contributed by atoms with Gasteiger partial charge in [-0.05, 0) is 43.9 Å². The zero-order chi connectivity index (χ0) is 16.1. The van der Waals surface area contributed by atoms with Gasteiger partial charge in [0.25, 0.3) is 5.91 Å². The molecule has 23 heavy (non-hydrogen) atoms. The number of nitrogens with one attached hydrogen (secondary N) is 2. The van der Waals surface area contributed by atoms with Crippen LogP contribution in [0.25, 0.3) is 0 Å². The predicted octanol–water partition coefficient (Wildman–Crippen LogP) is 2.97. The van der Waals surface area contributed by atoms with Gasteiger partial charge in [0.05, 0.1) is 11.3 Å². The summed E-state index contributed by atoms with van der Waals surface area (Å²) >= 11 is 5.94. The number of carbonyl (C=O) groups is 2. The zero-order valence-corrected chi connectivity index (χ0v) is 14.7. The van der Waals surface area contributed by atoms with Crippen molar-refractivity contribution in [3.8, 4) is 0 Å². The Labute approximate surface area is 147 Å². The molecule has 128 valence electrons. The Morgan fingerprint density at radius 3 is 2.70 bits per heavy atom. The third kappa shape index (κ3) is 5.37. The van der Waals surface area contributed by atoms with Crippen LogP contribution in [-0.4, -0.2) is 24.4 Å². The standard InChI is InChI=1S/C16H22ClN3O2.ClH/c1-2-19-16(22)12-9-11(17)6-7-14(12)20-15(21)8-10-4-3-5-13(10)18;/h6-7,9-10,13H,2-5,8,18H2,1H3,(H,19,22)(H,20,21);1H/t10-,13+;/m0./s1. The minimum absolute atomic E-state index is 0. The summed E-state index contributed by atoms with van der Waals surface area (Å²) in [7, 11) is 0. The van der Waals surface area contributed by atoms with Gasteiger partial charge in [0.2, 0.25) is 5.91 Å². The van der Waals surface area contributed by atoms with Crippen LogP contribution in [0, 0.1) is 5.92 Å². The van der Waals surface area contributed by atoms with E-state index in [4.69, 9.17) is 17.3 Å². The van der Waals surface area contributed by atoms with E-state index < -0.39 is 0 Å². The minimum Gasteiger partial charge on any atom is -0.352 e. The molecular weight excluding hydrogens is 337 g/mol. The van der Waals surface area contributed by atoms with Crippen LogP contribution in [0.3, 0.4) is 0 Å². The normalized spacial score (nSPS) is 19.8. The lowest BCUT2D eigenvalue weighted by Gasteiger charge is -2.16. The van der Waals surface area contributed by atoms with Crippen LogP contribution in [-0.2, 0) is 4.79 Å². The average Bonchev–Trinajstić information content (AvgIpc) is 2.86. The van der Waals surface area contributed by atoms with Crippen LogP contribution in [0.15, 0.2) is 18.2 Å². The molecule has 0 unspecified atom stereocenters. The van der Waals surface area contributed by atoms with E-state index in [9.17, 15) is 9.59 Å².